The summed E-state index contributed by atoms with van der Waals surface area (Å²) < 4.78 is 28.3. The summed E-state index contributed by atoms with van der Waals surface area (Å²) in [5, 5.41) is 19.3. The van der Waals surface area contributed by atoms with E-state index >= 15 is 0 Å². The molecule has 0 fully saturated rings. The highest BCUT2D eigenvalue weighted by Gasteiger charge is 2.18. The lowest BCUT2D eigenvalue weighted by atomic mass is 10.2. The first-order valence-electron chi connectivity index (χ1n) is 8.05. The summed E-state index contributed by atoms with van der Waals surface area (Å²) in [6.45, 7) is 2.00. The third-order valence-electron chi connectivity index (χ3n) is 3.44. The van der Waals surface area contributed by atoms with Crippen molar-refractivity contribution in [2.45, 2.75) is 21.3 Å². The number of rotatable bonds is 6. The van der Waals surface area contributed by atoms with Gasteiger partial charge >= 0.3 is 0 Å². The molecule has 2 heterocycles. The summed E-state index contributed by atoms with van der Waals surface area (Å²) in [7, 11) is -3.52. The smallest absolute Gasteiger partial charge is 0.268 e. The van der Waals surface area contributed by atoms with Gasteiger partial charge in [0.15, 0.2) is 5.09 Å². The van der Waals surface area contributed by atoms with Crippen LogP contribution in [0.2, 0.25) is 0 Å². The molecule has 0 spiro atoms. The van der Waals surface area contributed by atoms with Gasteiger partial charge in [-0.15, -0.1) is 10.2 Å². The number of sulfone groups is 1. The third kappa shape index (κ3) is 5.54. The van der Waals surface area contributed by atoms with Gasteiger partial charge in [-0.25, -0.2) is 8.42 Å². The molecule has 0 radical (unpaired) electrons. The van der Waals surface area contributed by atoms with Crippen molar-refractivity contribution in [3.8, 4) is 6.07 Å². The summed E-state index contributed by atoms with van der Waals surface area (Å²) in [4.78, 5) is 13.3. The van der Waals surface area contributed by atoms with Crippen molar-refractivity contribution in [3.05, 3.63) is 53.3 Å². The Balaban J connectivity index is 1.71. The number of nitriles is 1. The van der Waals surface area contributed by atoms with Crippen molar-refractivity contribution in [2.75, 3.05) is 11.6 Å². The zero-order valence-corrected chi connectivity index (χ0v) is 17.7. The fourth-order valence-electron chi connectivity index (χ4n) is 2.05. The number of carbonyl (C=O) groups excluding carboxylic acids is 1. The van der Waals surface area contributed by atoms with E-state index in [9.17, 15) is 18.5 Å². The first kappa shape index (κ1) is 20.8. The normalized spacial score (nSPS) is 11.8. The molecule has 11 heteroatoms. The second kappa shape index (κ2) is 8.60. The predicted octanol–water partition coefficient (Wildman–Crippen LogP) is 3.54. The first-order chi connectivity index (χ1) is 13.7. The second-order valence-electron chi connectivity index (χ2n) is 5.84. The fourth-order valence-corrected chi connectivity index (χ4v) is 4.34. The zero-order chi connectivity index (χ0) is 21.0. The number of amides is 1. The Morgan fingerprint density at radius 1 is 1.24 bits per heavy atom. The Labute approximate surface area is 175 Å². The maximum Gasteiger partial charge on any atom is 0.268 e. The SMILES string of the molecule is Cc1ccc(Sc2ccc(C=C(C#N)C(=O)Nc3nnc(S(C)(=O)=O)s3)o2)cc1. The number of anilines is 1. The highest BCUT2D eigenvalue weighted by atomic mass is 32.2. The molecule has 1 amide bonds. The highest BCUT2D eigenvalue weighted by molar-refractivity contribution is 7.99. The van der Waals surface area contributed by atoms with Gasteiger partial charge in [0.05, 0.1) is 0 Å². The van der Waals surface area contributed by atoms with Crippen LogP contribution < -0.4 is 5.32 Å². The lowest BCUT2D eigenvalue weighted by Gasteiger charge is -1.99. The first-order valence-corrected chi connectivity index (χ1v) is 11.6. The largest absolute Gasteiger partial charge is 0.450 e. The van der Waals surface area contributed by atoms with E-state index in [1.807, 2.05) is 31.2 Å². The molecule has 1 aromatic carbocycles. The van der Waals surface area contributed by atoms with Crippen molar-refractivity contribution in [1.29, 1.82) is 5.26 Å². The number of furan rings is 1. The summed E-state index contributed by atoms with van der Waals surface area (Å²) in [5.41, 5.74) is 0.934. The minimum atomic E-state index is -3.52. The van der Waals surface area contributed by atoms with E-state index in [1.54, 1.807) is 18.2 Å². The number of aryl methyl sites for hydroxylation is 1. The molecule has 1 N–H and O–H groups in total. The van der Waals surface area contributed by atoms with Crippen LogP contribution in [0.5, 0.6) is 0 Å². The quantitative estimate of drug-likeness (QED) is 0.346. The van der Waals surface area contributed by atoms with Crippen LogP contribution in [0.15, 0.2) is 60.7 Å². The van der Waals surface area contributed by atoms with Crippen LogP contribution in [0.3, 0.4) is 0 Å². The van der Waals surface area contributed by atoms with Crippen LogP contribution >= 0.6 is 23.1 Å². The van der Waals surface area contributed by atoms with Crippen molar-refractivity contribution in [1.82, 2.24) is 10.2 Å². The molecule has 0 aliphatic rings. The van der Waals surface area contributed by atoms with E-state index in [1.165, 1.54) is 17.8 Å². The summed E-state index contributed by atoms with van der Waals surface area (Å²) in [5.74, 6) is -0.409. The molecule has 0 aliphatic heterocycles. The molecular weight excluding hydrogens is 432 g/mol. The molecule has 0 atom stereocenters. The summed E-state index contributed by atoms with van der Waals surface area (Å²) in [6.07, 6.45) is 2.29. The van der Waals surface area contributed by atoms with Gasteiger partial charge in [0.25, 0.3) is 5.91 Å². The zero-order valence-electron chi connectivity index (χ0n) is 15.2. The highest BCUT2D eigenvalue weighted by Crippen LogP contribution is 2.30. The van der Waals surface area contributed by atoms with Crippen LogP contribution in [-0.2, 0) is 14.6 Å². The molecule has 3 rings (SSSR count). The second-order valence-corrected chi connectivity index (χ2v) is 10.1. The van der Waals surface area contributed by atoms with E-state index in [4.69, 9.17) is 4.42 Å². The molecule has 2 aromatic heterocycles. The maximum absolute atomic E-state index is 12.3. The van der Waals surface area contributed by atoms with Gasteiger partial charge in [-0.05, 0) is 31.2 Å². The van der Waals surface area contributed by atoms with E-state index in [0.717, 1.165) is 16.7 Å². The molecule has 0 aliphatic carbocycles. The lowest BCUT2D eigenvalue weighted by molar-refractivity contribution is -0.112. The molecule has 29 heavy (non-hydrogen) atoms. The van der Waals surface area contributed by atoms with Crippen LogP contribution in [-0.4, -0.2) is 30.8 Å². The van der Waals surface area contributed by atoms with Gasteiger partial charge < -0.3 is 4.42 Å². The van der Waals surface area contributed by atoms with Crippen molar-refractivity contribution in [2.24, 2.45) is 0 Å². The maximum atomic E-state index is 12.3. The third-order valence-corrected chi connectivity index (χ3v) is 6.87. The lowest BCUT2D eigenvalue weighted by Crippen LogP contribution is -2.13. The Morgan fingerprint density at radius 2 is 1.97 bits per heavy atom. The van der Waals surface area contributed by atoms with E-state index in [2.05, 4.69) is 15.5 Å². The molecular formula is C18H14N4O4S3. The van der Waals surface area contributed by atoms with E-state index in [0.29, 0.717) is 22.2 Å². The predicted molar refractivity (Wildman–Crippen MR) is 109 cm³/mol. The summed E-state index contributed by atoms with van der Waals surface area (Å²) in [6, 6.07) is 13.1. The molecule has 0 unspecified atom stereocenters. The van der Waals surface area contributed by atoms with Gasteiger partial charge in [-0.1, -0.05) is 40.8 Å². The van der Waals surface area contributed by atoms with Crippen LogP contribution in [0.4, 0.5) is 5.13 Å². The standard InChI is InChI=1S/C18H14N4O4S3/c1-11-3-6-14(7-4-11)27-15-8-5-13(26-15)9-12(10-19)16(23)20-17-21-22-18(28-17)29(2,24)25/h3-9H,1-2H3,(H,20,21,23). The molecule has 0 saturated heterocycles. The number of benzene rings is 1. The Morgan fingerprint density at radius 3 is 2.59 bits per heavy atom. The van der Waals surface area contributed by atoms with Gasteiger partial charge in [-0.2, -0.15) is 5.26 Å². The van der Waals surface area contributed by atoms with Crippen molar-refractivity contribution in [3.63, 3.8) is 0 Å². The van der Waals surface area contributed by atoms with Crippen LogP contribution in [0.1, 0.15) is 11.3 Å². The number of hydrogen-bond acceptors (Lipinski definition) is 9. The fraction of sp³-hybridized carbons (Fsp3) is 0.111. The minimum Gasteiger partial charge on any atom is -0.450 e. The van der Waals surface area contributed by atoms with Crippen molar-refractivity contribution >= 4 is 50.1 Å². The average molecular weight is 447 g/mol. The van der Waals surface area contributed by atoms with Gasteiger partial charge in [0.1, 0.15) is 17.4 Å². The number of aromatic nitrogens is 2. The number of nitrogens with one attached hydrogen (secondary N) is 1. The van der Waals surface area contributed by atoms with Crippen LogP contribution in [0.25, 0.3) is 6.08 Å². The Kier molecular flexibility index (Phi) is 6.17. The summed E-state index contributed by atoms with van der Waals surface area (Å²) >= 11 is 2.12. The number of nitrogens with zero attached hydrogens (tertiary/aromatic N) is 3. The van der Waals surface area contributed by atoms with Crippen LogP contribution in [0, 0.1) is 18.3 Å². The molecule has 0 saturated carbocycles. The van der Waals surface area contributed by atoms with E-state index < -0.39 is 15.7 Å². The van der Waals surface area contributed by atoms with Gasteiger partial charge in [0, 0.05) is 17.2 Å². The average Bonchev–Trinajstić information content (AvgIpc) is 3.31. The Hall–Kier alpha value is -2.94. The van der Waals surface area contributed by atoms with Crippen molar-refractivity contribution < 1.29 is 17.6 Å². The number of carbonyl (C=O) groups is 1. The topological polar surface area (TPSA) is 126 Å². The van der Waals surface area contributed by atoms with E-state index in [-0.39, 0.29) is 15.0 Å². The molecule has 3 aromatic rings. The minimum absolute atomic E-state index is 0.0216. The molecule has 0 bridgehead atoms. The van der Waals surface area contributed by atoms with Gasteiger partial charge in [-0.3, -0.25) is 10.1 Å². The monoisotopic (exact) mass is 446 g/mol. The molecule has 148 valence electrons. The molecule has 8 nitrogen and oxygen atoms in total. The van der Waals surface area contributed by atoms with Gasteiger partial charge in [0.2, 0.25) is 19.3 Å². The Bertz CT molecular complexity index is 1220. The number of hydrogen-bond donors (Lipinski definition) is 1.